The summed E-state index contributed by atoms with van der Waals surface area (Å²) in [7, 11) is -1.13. The van der Waals surface area contributed by atoms with E-state index >= 15 is 0 Å². The molecule has 0 aromatic heterocycles. The van der Waals surface area contributed by atoms with Crippen molar-refractivity contribution in [1.82, 2.24) is 0 Å². The van der Waals surface area contributed by atoms with Gasteiger partial charge in [0.15, 0.2) is 0 Å². The van der Waals surface area contributed by atoms with Gasteiger partial charge in [-0.1, -0.05) is 35.9 Å². The Balaban J connectivity index is 2.31. The van der Waals surface area contributed by atoms with E-state index in [0.717, 1.165) is 11.1 Å². The number of carbonyl (C=O) groups excluding carboxylic acids is 1. The summed E-state index contributed by atoms with van der Waals surface area (Å²) in [5.41, 5.74) is 1.72. The van der Waals surface area contributed by atoms with Crippen LogP contribution in [0, 0.1) is 6.92 Å². The Hall–Kier alpha value is -2.64. The fraction of sp³-hybridized carbons (Fsp3) is 0.286. The molecule has 0 unspecified atom stereocenters. The number of hydrogen-bond acceptors (Lipinski definition) is 6. The Kier molecular flexibility index (Phi) is 7.37. The van der Waals surface area contributed by atoms with Gasteiger partial charge in [-0.25, -0.2) is 4.79 Å². The van der Waals surface area contributed by atoms with Crippen molar-refractivity contribution in [3.05, 3.63) is 71.8 Å². The van der Waals surface area contributed by atoms with E-state index in [0.29, 0.717) is 5.75 Å². The summed E-state index contributed by atoms with van der Waals surface area (Å²) in [6.45, 7) is 3.51. The molecule has 0 fully saturated rings. The van der Waals surface area contributed by atoms with Crippen LogP contribution in [-0.4, -0.2) is 34.7 Å². The maximum atomic E-state index is 12.6. The molecule has 0 saturated heterocycles. The van der Waals surface area contributed by atoms with Crippen LogP contribution in [0.2, 0.25) is 0 Å². The van der Waals surface area contributed by atoms with Crippen molar-refractivity contribution in [1.29, 1.82) is 0 Å². The molecule has 0 aliphatic heterocycles. The van der Waals surface area contributed by atoms with E-state index in [1.54, 1.807) is 56.5 Å². The maximum Gasteiger partial charge on any atom is 0.330 e. The fourth-order valence-electron chi connectivity index (χ4n) is 2.64. The van der Waals surface area contributed by atoms with Gasteiger partial charge in [0.05, 0.1) is 25.2 Å². The van der Waals surface area contributed by atoms with Gasteiger partial charge < -0.3 is 9.47 Å². The number of rotatable bonds is 8. The second kappa shape index (κ2) is 9.52. The summed E-state index contributed by atoms with van der Waals surface area (Å²) in [6.07, 6.45) is 2.07. The molecule has 0 aliphatic carbocycles. The molecular formula is C21H24O6S. The molecule has 0 spiro atoms. The molecule has 28 heavy (non-hydrogen) atoms. The molecule has 6 nitrogen and oxygen atoms in total. The molecule has 150 valence electrons. The van der Waals surface area contributed by atoms with Crippen LogP contribution in [-0.2, 0) is 23.8 Å². The molecule has 0 N–H and O–H groups in total. The quantitative estimate of drug-likeness (QED) is 0.380. The minimum atomic E-state index is -3.96. The summed E-state index contributed by atoms with van der Waals surface area (Å²) in [4.78, 5) is 11.6. The number of methoxy groups -OCH3 is 2. The third kappa shape index (κ3) is 5.68. The predicted molar refractivity (Wildman–Crippen MR) is 106 cm³/mol. The lowest BCUT2D eigenvalue weighted by molar-refractivity contribution is -0.134. The Morgan fingerprint density at radius 1 is 1.00 bits per heavy atom. The summed E-state index contributed by atoms with van der Waals surface area (Å²) in [5, 5.41) is 0. The zero-order chi connectivity index (χ0) is 20.7. The molecular weight excluding hydrogens is 380 g/mol. The van der Waals surface area contributed by atoms with Crippen LogP contribution in [0.15, 0.2) is 65.6 Å². The smallest absolute Gasteiger partial charge is 0.330 e. The first-order chi connectivity index (χ1) is 13.3. The van der Waals surface area contributed by atoms with E-state index in [2.05, 4.69) is 4.74 Å². The maximum absolute atomic E-state index is 12.6. The molecule has 0 aliphatic rings. The van der Waals surface area contributed by atoms with Gasteiger partial charge in [0, 0.05) is 12.0 Å². The van der Waals surface area contributed by atoms with Crippen LogP contribution in [0.5, 0.6) is 5.75 Å². The lowest BCUT2D eigenvalue weighted by Gasteiger charge is -2.22. The van der Waals surface area contributed by atoms with Crippen LogP contribution >= 0.6 is 0 Å². The number of aryl methyl sites for hydroxylation is 1. The van der Waals surface area contributed by atoms with Gasteiger partial charge in [0.2, 0.25) is 0 Å². The van der Waals surface area contributed by atoms with Crippen molar-refractivity contribution in [3.8, 4) is 5.75 Å². The number of esters is 1. The average molecular weight is 404 g/mol. The monoisotopic (exact) mass is 404 g/mol. The SMILES string of the molecule is COC(=O)C=C[C@@H](c1ccc(OC)cc1)[C@H](C)OS(=O)(=O)c1ccc(C)cc1. The first-order valence-corrected chi connectivity index (χ1v) is 10.1. The van der Waals surface area contributed by atoms with Crippen molar-refractivity contribution in [2.45, 2.75) is 30.8 Å². The highest BCUT2D eigenvalue weighted by atomic mass is 32.2. The third-order valence-corrected chi connectivity index (χ3v) is 5.64. The van der Waals surface area contributed by atoms with Crippen molar-refractivity contribution in [2.24, 2.45) is 0 Å². The highest BCUT2D eigenvalue weighted by molar-refractivity contribution is 7.86. The fourth-order valence-corrected chi connectivity index (χ4v) is 3.74. The van der Waals surface area contributed by atoms with Gasteiger partial charge in [0.1, 0.15) is 5.75 Å². The van der Waals surface area contributed by atoms with Crippen molar-refractivity contribution < 1.29 is 26.9 Å². The Morgan fingerprint density at radius 3 is 2.14 bits per heavy atom. The van der Waals surface area contributed by atoms with Gasteiger partial charge in [-0.2, -0.15) is 8.42 Å². The lowest BCUT2D eigenvalue weighted by Crippen LogP contribution is -2.22. The van der Waals surface area contributed by atoms with E-state index in [4.69, 9.17) is 8.92 Å². The average Bonchev–Trinajstić information content (AvgIpc) is 2.68. The molecule has 0 radical (unpaired) electrons. The molecule has 0 saturated carbocycles. The van der Waals surface area contributed by atoms with Gasteiger partial charge in [0.25, 0.3) is 10.1 Å². The number of hydrogen-bond donors (Lipinski definition) is 0. The zero-order valence-corrected chi connectivity index (χ0v) is 17.1. The Morgan fingerprint density at radius 2 is 1.61 bits per heavy atom. The molecule has 0 amide bonds. The van der Waals surface area contributed by atoms with Crippen LogP contribution in [0.4, 0.5) is 0 Å². The molecule has 2 aromatic carbocycles. The second-order valence-electron chi connectivity index (χ2n) is 6.25. The van der Waals surface area contributed by atoms with Gasteiger partial charge in [-0.15, -0.1) is 0 Å². The van der Waals surface area contributed by atoms with Gasteiger partial charge in [-0.3, -0.25) is 4.18 Å². The molecule has 2 atom stereocenters. The van der Waals surface area contributed by atoms with Crippen LogP contribution in [0.1, 0.15) is 24.0 Å². The van der Waals surface area contributed by atoms with Crippen molar-refractivity contribution in [2.75, 3.05) is 14.2 Å². The predicted octanol–water partition coefficient (Wildman–Crippen LogP) is 3.61. The highest BCUT2D eigenvalue weighted by Crippen LogP contribution is 2.28. The van der Waals surface area contributed by atoms with Crippen molar-refractivity contribution in [3.63, 3.8) is 0 Å². The number of benzene rings is 2. The summed E-state index contributed by atoms with van der Waals surface area (Å²) < 4.78 is 40.5. The van der Waals surface area contributed by atoms with E-state index in [1.165, 1.54) is 25.3 Å². The van der Waals surface area contributed by atoms with Crippen LogP contribution in [0.25, 0.3) is 0 Å². The molecule has 2 aromatic rings. The molecule has 2 rings (SSSR count). The molecule has 0 heterocycles. The normalized spacial score (nSPS) is 13.9. The Bertz CT molecular complexity index is 914. The number of carbonyl (C=O) groups is 1. The van der Waals surface area contributed by atoms with Gasteiger partial charge in [-0.05, 0) is 43.7 Å². The van der Waals surface area contributed by atoms with Gasteiger partial charge >= 0.3 is 5.97 Å². The van der Waals surface area contributed by atoms with Crippen molar-refractivity contribution >= 4 is 16.1 Å². The summed E-state index contributed by atoms with van der Waals surface area (Å²) in [5.74, 6) is -0.363. The van der Waals surface area contributed by atoms with E-state index in [1.807, 2.05) is 6.92 Å². The zero-order valence-electron chi connectivity index (χ0n) is 16.3. The topological polar surface area (TPSA) is 78.9 Å². The minimum absolute atomic E-state index is 0.0791. The van der Waals surface area contributed by atoms with E-state index in [9.17, 15) is 13.2 Å². The second-order valence-corrected chi connectivity index (χ2v) is 7.82. The first-order valence-electron chi connectivity index (χ1n) is 8.67. The van der Waals surface area contributed by atoms with E-state index in [-0.39, 0.29) is 4.90 Å². The minimum Gasteiger partial charge on any atom is -0.497 e. The largest absolute Gasteiger partial charge is 0.497 e. The molecule has 0 bridgehead atoms. The van der Waals surface area contributed by atoms with E-state index < -0.39 is 28.1 Å². The number of ether oxygens (including phenoxy) is 2. The standard InChI is InChI=1S/C21H24O6S/c1-15-5-11-19(12-6-15)28(23,24)27-16(2)20(13-14-21(22)26-4)17-7-9-18(25-3)10-8-17/h5-14,16,20H,1-4H3/t16-,20+/m0/s1. The first kappa shape index (κ1) is 21.7. The summed E-state index contributed by atoms with van der Waals surface area (Å²) >= 11 is 0. The highest BCUT2D eigenvalue weighted by Gasteiger charge is 2.25. The third-order valence-electron chi connectivity index (χ3n) is 4.24. The molecule has 7 heteroatoms. The Labute approximate surface area is 165 Å². The summed E-state index contributed by atoms with van der Waals surface area (Å²) in [6, 6.07) is 13.5. The van der Waals surface area contributed by atoms with Crippen LogP contribution < -0.4 is 4.74 Å². The van der Waals surface area contributed by atoms with Crippen LogP contribution in [0.3, 0.4) is 0 Å². The lowest BCUT2D eigenvalue weighted by atomic mass is 9.93.